The van der Waals surface area contributed by atoms with E-state index in [4.69, 9.17) is 0 Å². The van der Waals surface area contributed by atoms with Gasteiger partial charge in [0.1, 0.15) is 17.7 Å². The summed E-state index contributed by atoms with van der Waals surface area (Å²) in [6, 6.07) is 2.27. The van der Waals surface area contributed by atoms with Crippen LogP contribution in [-0.2, 0) is 20.7 Å². The van der Waals surface area contributed by atoms with Crippen molar-refractivity contribution < 1.29 is 23.1 Å². The number of carbonyl (C=O) groups is 2. The van der Waals surface area contributed by atoms with Crippen LogP contribution in [0.2, 0.25) is 0 Å². The number of nitrogens with one attached hydrogen (secondary N) is 1. The van der Waals surface area contributed by atoms with Crippen molar-refractivity contribution in [1.29, 1.82) is 0 Å². The molecule has 0 radical (unpaired) electrons. The minimum Gasteiger partial charge on any atom is -0.467 e. The highest BCUT2D eigenvalue weighted by molar-refractivity contribution is 5.85. The lowest BCUT2D eigenvalue weighted by Gasteiger charge is -2.16. The topological polar surface area (TPSA) is 55.4 Å². The summed E-state index contributed by atoms with van der Waals surface area (Å²) < 4.78 is 30.9. The average molecular weight is 299 g/mol. The highest BCUT2D eigenvalue weighted by atomic mass is 19.1. The van der Waals surface area contributed by atoms with E-state index in [-0.39, 0.29) is 12.0 Å². The van der Waals surface area contributed by atoms with E-state index in [0.29, 0.717) is 6.42 Å². The monoisotopic (exact) mass is 299 g/mol. The van der Waals surface area contributed by atoms with E-state index in [1.165, 1.54) is 13.2 Å². The highest BCUT2D eigenvalue weighted by Gasteiger charge is 2.21. The summed E-state index contributed by atoms with van der Waals surface area (Å²) >= 11 is 0. The summed E-state index contributed by atoms with van der Waals surface area (Å²) in [7, 11) is 1.24. The minimum absolute atomic E-state index is 0.0769. The van der Waals surface area contributed by atoms with Gasteiger partial charge in [-0.1, -0.05) is 25.8 Å². The zero-order valence-electron chi connectivity index (χ0n) is 12.1. The largest absolute Gasteiger partial charge is 0.467 e. The number of halogens is 2. The Kier molecular flexibility index (Phi) is 6.78. The molecule has 0 aromatic heterocycles. The van der Waals surface area contributed by atoms with Crippen LogP contribution in [0.25, 0.3) is 0 Å². The lowest BCUT2D eigenvalue weighted by Crippen LogP contribution is -2.42. The lowest BCUT2D eigenvalue weighted by atomic mass is 10.1. The molecule has 1 aromatic rings. The number of amides is 1. The van der Waals surface area contributed by atoms with Gasteiger partial charge < -0.3 is 10.1 Å². The molecule has 0 saturated heterocycles. The summed E-state index contributed by atoms with van der Waals surface area (Å²) in [5.41, 5.74) is 0.0769. The van der Waals surface area contributed by atoms with Crippen molar-refractivity contribution in [2.24, 2.45) is 0 Å². The number of carbonyl (C=O) groups excluding carboxylic acids is 2. The van der Waals surface area contributed by atoms with Gasteiger partial charge in [0.2, 0.25) is 5.91 Å². The molecule has 0 saturated carbocycles. The maximum absolute atomic E-state index is 13.5. The van der Waals surface area contributed by atoms with Crippen molar-refractivity contribution in [2.75, 3.05) is 7.11 Å². The Bertz CT molecular complexity index is 506. The average Bonchev–Trinajstić information content (AvgIpc) is 2.45. The first-order chi connectivity index (χ1) is 9.97. The Hall–Kier alpha value is -1.98. The SMILES string of the molecule is CCCC[C@@H](NC(=O)Cc1ccc(F)cc1F)C(=O)OC. The molecule has 0 heterocycles. The minimum atomic E-state index is -0.784. The van der Waals surface area contributed by atoms with Crippen molar-refractivity contribution in [3.05, 3.63) is 35.4 Å². The molecule has 1 amide bonds. The Morgan fingerprint density at radius 3 is 2.62 bits per heavy atom. The second-order valence-corrected chi connectivity index (χ2v) is 4.70. The van der Waals surface area contributed by atoms with Gasteiger partial charge in [0.05, 0.1) is 13.5 Å². The van der Waals surface area contributed by atoms with Crippen LogP contribution in [0.15, 0.2) is 18.2 Å². The quantitative estimate of drug-likeness (QED) is 0.786. The Morgan fingerprint density at radius 2 is 2.05 bits per heavy atom. The molecule has 21 heavy (non-hydrogen) atoms. The van der Waals surface area contributed by atoms with Gasteiger partial charge in [0.15, 0.2) is 0 Å². The standard InChI is InChI=1S/C15H19F2NO3/c1-3-4-5-13(15(20)21-2)18-14(19)8-10-6-7-11(16)9-12(10)17/h6-7,9,13H,3-5,8H2,1-2H3,(H,18,19)/t13-/m1/s1. The second-order valence-electron chi connectivity index (χ2n) is 4.70. The van der Waals surface area contributed by atoms with Crippen molar-refractivity contribution >= 4 is 11.9 Å². The molecule has 1 aromatic carbocycles. The summed E-state index contributed by atoms with van der Waals surface area (Å²) in [5, 5.41) is 2.52. The van der Waals surface area contributed by atoms with Gasteiger partial charge in [-0.3, -0.25) is 4.79 Å². The number of rotatable bonds is 7. The first-order valence-corrected chi connectivity index (χ1v) is 6.79. The smallest absolute Gasteiger partial charge is 0.328 e. The zero-order chi connectivity index (χ0) is 15.8. The third-order valence-corrected chi connectivity index (χ3v) is 3.03. The summed E-state index contributed by atoms with van der Waals surface area (Å²) in [5.74, 6) is -2.52. The third kappa shape index (κ3) is 5.49. The van der Waals surface area contributed by atoms with Gasteiger partial charge in [-0.15, -0.1) is 0 Å². The fourth-order valence-corrected chi connectivity index (χ4v) is 1.88. The van der Waals surface area contributed by atoms with Gasteiger partial charge in [-0.05, 0) is 18.1 Å². The molecule has 0 aliphatic heterocycles. The van der Waals surface area contributed by atoms with Crippen molar-refractivity contribution in [3.63, 3.8) is 0 Å². The van der Waals surface area contributed by atoms with Crippen LogP contribution < -0.4 is 5.32 Å². The van der Waals surface area contributed by atoms with E-state index in [2.05, 4.69) is 10.1 Å². The molecule has 116 valence electrons. The fourth-order valence-electron chi connectivity index (χ4n) is 1.88. The first-order valence-electron chi connectivity index (χ1n) is 6.79. The predicted octanol–water partition coefficient (Wildman–Crippen LogP) is 2.36. The van der Waals surface area contributed by atoms with E-state index in [9.17, 15) is 18.4 Å². The molecule has 1 rings (SSSR count). The van der Waals surface area contributed by atoms with Crippen molar-refractivity contribution in [1.82, 2.24) is 5.32 Å². The molecule has 0 fully saturated rings. The number of ether oxygens (including phenoxy) is 1. The molecule has 0 aliphatic rings. The van der Waals surface area contributed by atoms with Crippen LogP contribution in [0.3, 0.4) is 0 Å². The van der Waals surface area contributed by atoms with E-state index < -0.39 is 29.6 Å². The molecule has 4 nitrogen and oxygen atoms in total. The van der Waals surface area contributed by atoms with Gasteiger partial charge in [0, 0.05) is 6.07 Å². The molecule has 6 heteroatoms. The molecular formula is C15H19F2NO3. The second kappa shape index (κ2) is 8.34. The van der Waals surface area contributed by atoms with Crippen LogP contribution in [0.5, 0.6) is 0 Å². The molecule has 0 unspecified atom stereocenters. The van der Waals surface area contributed by atoms with Crippen molar-refractivity contribution in [2.45, 2.75) is 38.6 Å². The van der Waals surface area contributed by atoms with Gasteiger partial charge in [-0.2, -0.15) is 0 Å². The fraction of sp³-hybridized carbons (Fsp3) is 0.467. The number of unbranched alkanes of at least 4 members (excludes halogenated alkanes) is 1. The van der Waals surface area contributed by atoms with Crippen molar-refractivity contribution in [3.8, 4) is 0 Å². The molecule has 0 spiro atoms. The Balaban J connectivity index is 2.66. The van der Waals surface area contributed by atoms with E-state index in [1.807, 2.05) is 6.92 Å². The first kappa shape index (κ1) is 17.1. The number of hydrogen-bond donors (Lipinski definition) is 1. The van der Waals surface area contributed by atoms with Gasteiger partial charge >= 0.3 is 5.97 Å². The maximum Gasteiger partial charge on any atom is 0.328 e. The van der Waals surface area contributed by atoms with E-state index in [1.54, 1.807) is 0 Å². The summed E-state index contributed by atoms with van der Waals surface area (Å²) in [6.45, 7) is 1.96. The Labute approximate surface area is 122 Å². The number of methoxy groups -OCH3 is 1. The van der Waals surface area contributed by atoms with E-state index >= 15 is 0 Å². The normalized spacial score (nSPS) is 11.8. The van der Waals surface area contributed by atoms with Crippen LogP contribution in [0.1, 0.15) is 31.7 Å². The molecule has 0 aliphatic carbocycles. The molecule has 1 N–H and O–H groups in total. The van der Waals surface area contributed by atoms with Crippen LogP contribution in [-0.4, -0.2) is 25.0 Å². The van der Waals surface area contributed by atoms with Crippen LogP contribution >= 0.6 is 0 Å². The lowest BCUT2D eigenvalue weighted by molar-refractivity contribution is -0.145. The third-order valence-electron chi connectivity index (χ3n) is 3.03. The summed E-state index contributed by atoms with van der Waals surface area (Å²) in [4.78, 5) is 23.4. The van der Waals surface area contributed by atoms with Crippen LogP contribution in [0, 0.1) is 11.6 Å². The zero-order valence-corrected chi connectivity index (χ0v) is 12.1. The predicted molar refractivity (Wildman–Crippen MR) is 73.5 cm³/mol. The maximum atomic E-state index is 13.5. The number of benzene rings is 1. The molecule has 1 atom stereocenters. The summed E-state index contributed by atoms with van der Waals surface area (Å²) in [6.07, 6.45) is 1.83. The highest BCUT2D eigenvalue weighted by Crippen LogP contribution is 2.11. The van der Waals surface area contributed by atoms with Gasteiger partial charge in [-0.25, -0.2) is 13.6 Å². The molecule has 0 bridgehead atoms. The molecular weight excluding hydrogens is 280 g/mol. The van der Waals surface area contributed by atoms with E-state index in [0.717, 1.165) is 25.0 Å². The number of esters is 1. The number of hydrogen-bond acceptors (Lipinski definition) is 3. The van der Waals surface area contributed by atoms with Crippen LogP contribution in [0.4, 0.5) is 8.78 Å². The Morgan fingerprint density at radius 1 is 1.33 bits per heavy atom. The van der Waals surface area contributed by atoms with Gasteiger partial charge in [0.25, 0.3) is 0 Å².